The predicted octanol–water partition coefficient (Wildman–Crippen LogP) is 34.8. The summed E-state index contributed by atoms with van der Waals surface area (Å²) in [5.41, 5.74) is 0. The molecule has 10 unspecified atom stereocenters. The van der Waals surface area contributed by atoms with Crippen molar-refractivity contribution in [2.24, 2.45) is 82.9 Å². The van der Waals surface area contributed by atoms with Crippen molar-refractivity contribution in [3.05, 3.63) is 0 Å². The predicted molar refractivity (Wildman–Crippen MR) is 516 cm³/mol. The van der Waals surface area contributed by atoms with E-state index >= 15 is 0 Å². The summed E-state index contributed by atoms with van der Waals surface area (Å²) in [6.07, 6.45) is 121. The first-order chi connectivity index (χ1) is 58.2. The SMILES string of the molecule is CCCCCCCCC1CCC(N(C2CCC(C)CC2)C2CC(N(C3CCC(CCCCCCCC)CC3)C3CCC(CCCCCCCC)CC3)C3CCC4C5C(CCC2C35)C(N(C2CCC(CCCCCCCC)CC2)C2CCC(CCCCCCCC)CC2)CC4N(C2CCC(C)CC2)C2CCC(CCCCCCCC)CC2)CC1. The van der Waals surface area contributed by atoms with Crippen molar-refractivity contribution in [2.45, 2.75) is 642 Å². The molecule has 0 amide bonds. The molecule has 12 aliphatic carbocycles. The van der Waals surface area contributed by atoms with Gasteiger partial charge in [0.25, 0.3) is 0 Å². The van der Waals surface area contributed by atoms with Crippen LogP contribution < -0.4 is 0 Å². The highest BCUT2D eigenvalue weighted by Crippen LogP contribution is 2.65. The minimum absolute atomic E-state index is 0.802. The van der Waals surface area contributed by atoms with Gasteiger partial charge in [-0.3, -0.25) is 19.6 Å². The maximum absolute atomic E-state index is 3.73. The van der Waals surface area contributed by atoms with E-state index in [1.807, 2.05) is 0 Å². The van der Waals surface area contributed by atoms with Gasteiger partial charge in [-0.25, -0.2) is 0 Å². The topological polar surface area (TPSA) is 13.0 Å². The summed E-state index contributed by atoms with van der Waals surface area (Å²) in [7, 11) is 0. The summed E-state index contributed by atoms with van der Waals surface area (Å²) in [5, 5.41) is 0. The molecule has 0 radical (unpaired) electrons. The lowest BCUT2D eigenvalue weighted by molar-refractivity contribution is -0.197. The Morgan fingerprint density at radius 2 is 0.305 bits per heavy atom. The number of nitrogens with zero attached hydrogens (tertiary/aromatic N) is 4. The summed E-state index contributed by atoms with van der Waals surface area (Å²) in [6, 6.07) is 9.85. The van der Waals surface area contributed by atoms with Crippen LogP contribution in [0.2, 0.25) is 0 Å². The molecular formula is C114H210N4. The van der Waals surface area contributed by atoms with Crippen LogP contribution in [-0.4, -0.2) is 92.1 Å². The Labute approximate surface area is 739 Å². The summed E-state index contributed by atoms with van der Waals surface area (Å²) in [4.78, 5) is 14.9. The number of hydrogen-bond acceptors (Lipinski definition) is 4. The molecular weight excluding hydrogens is 1430 g/mol. The molecule has 0 saturated heterocycles. The summed E-state index contributed by atoms with van der Waals surface area (Å²) in [5.74, 6) is 13.3. The Morgan fingerprint density at radius 1 is 0.161 bits per heavy atom. The molecule has 0 bridgehead atoms. The van der Waals surface area contributed by atoms with Crippen LogP contribution in [-0.2, 0) is 0 Å². The molecule has 0 aromatic heterocycles. The lowest BCUT2D eigenvalue weighted by Crippen LogP contribution is -2.72. The third kappa shape index (κ3) is 28.9. The van der Waals surface area contributed by atoms with Crippen molar-refractivity contribution in [1.29, 1.82) is 0 Å². The zero-order chi connectivity index (χ0) is 81.9. The largest absolute Gasteiger partial charge is 0.294 e. The van der Waals surface area contributed by atoms with E-state index in [1.165, 1.54) is 321 Å². The highest BCUT2D eigenvalue weighted by atomic mass is 15.3. The van der Waals surface area contributed by atoms with Gasteiger partial charge in [-0.2, -0.15) is 0 Å². The molecule has 10 atom stereocenters. The van der Waals surface area contributed by atoms with Crippen molar-refractivity contribution < 1.29 is 0 Å². The molecule has 12 fully saturated rings. The van der Waals surface area contributed by atoms with E-state index in [4.69, 9.17) is 0 Å². The van der Waals surface area contributed by atoms with Crippen molar-refractivity contribution >= 4 is 0 Å². The normalized spacial score (nSPS) is 36.9. The molecule has 4 nitrogen and oxygen atoms in total. The molecule has 0 aliphatic heterocycles. The second-order valence-electron chi connectivity index (χ2n) is 46.7. The molecule has 0 aromatic carbocycles. The van der Waals surface area contributed by atoms with Gasteiger partial charge in [-0.15, -0.1) is 0 Å². The molecule has 0 aromatic rings. The van der Waals surface area contributed by atoms with E-state index in [0.717, 1.165) is 155 Å². The van der Waals surface area contributed by atoms with Crippen LogP contribution >= 0.6 is 0 Å². The van der Waals surface area contributed by atoms with E-state index in [0.29, 0.717) is 0 Å². The van der Waals surface area contributed by atoms with E-state index in [1.54, 1.807) is 193 Å². The summed E-state index contributed by atoms with van der Waals surface area (Å²) < 4.78 is 0. The zero-order valence-corrected chi connectivity index (χ0v) is 81.4. The first-order valence-electron chi connectivity index (χ1n) is 57.3. The van der Waals surface area contributed by atoms with Gasteiger partial charge in [-0.1, -0.05) is 325 Å². The monoisotopic (exact) mass is 1640 g/mol. The van der Waals surface area contributed by atoms with Crippen LogP contribution in [0.5, 0.6) is 0 Å². The molecule has 12 rings (SSSR count). The Morgan fingerprint density at radius 3 is 0.466 bits per heavy atom. The third-order valence-corrected chi connectivity index (χ3v) is 38.6. The van der Waals surface area contributed by atoms with Gasteiger partial charge in [0.15, 0.2) is 0 Å². The van der Waals surface area contributed by atoms with Gasteiger partial charge in [0.05, 0.1) is 0 Å². The highest BCUT2D eigenvalue weighted by molar-refractivity contribution is 5.17. The first kappa shape index (κ1) is 96.9. The Bertz CT molecular complexity index is 2240. The van der Waals surface area contributed by atoms with Crippen LogP contribution in [0, 0.1) is 82.9 Å². The fourth-order valence-electron chi connectivity index (χ4n) is 31.8. The highest BCUT2D eigenvalue weighted by Gasteiger charge is 2.65. The van der Waals surface area contributed by atoms with Gasteiger partial charge in [-0.05, 0) is 327 Å². The van der Waals surface area contributed by atoms with E-state index in [9.17, 15) is 0 Å². The lowest BCUT2D eigenvalue weighted by atomic mass is 9.44. The Balaban J connectivity index is 0.939. The van der Waals surface area contributed by atoms with Crippen LogP contribution in [0.3, 0.4) is 0 Å². The minimum Gasteiger partial charge on any atom is -0.294 e. The molecule has 118 heavy (non-hydrogen) atoms. The van der Waals surface area contributed by atoms with Gasteiger partial charge >= 0.3 is 0 Å². The average Bonchev–Trinajstić information content (AvgIpc) is 0.700. The van der Waals surface area contributed by atoms with E-state index in [2.05, 4.69) is 75.0 Å². The quantitative estimate of drug-likeness (QED) is 0.0563. The van der Waals surface area contributed by atoms with Crippen molar-refractivity contribution in [2.75, 3.05) is 0 Å². The van der Waals surface area contributed by atoms with Crippen LogP contribution in [0.25, 0.3) is 0 Å². The molecule has 12 saturated carbocycles. The fraction of sp³-hybridized carbons (Fsp3) is 1.00. The maximum Gasteiger partial charge on any atom is 0.0147 e. The van der Waals surface area contributed by atoms with E-state index in [-0.39, 0.29) is 0 Å². The average molecular weight is 1640 g/mol. The molecule has 0 N–H and O–H groups in total. The smallest absolute Gasteiger partial charge is 0.0147 e. The van der Waals surface area contributed by atoms with Gasteiger partial charge in [0.1, 0.15) is 0 Å². The summed E-state index contributed by atoms with van der Waals surface area (Å²) >= 11 is 0. The maximum atomic E-state index is 3.73. The number of rotatable bonds is 54. The minimum atomic E-state index is 0.802. The number of hydrogen-bond donors (Lipinski definition) is 0. The Hall–Kier alpha value is -0.160. The van der Waals surface area contributed by atoms with Crippen molar-refractivity contribution in [1.82, 2.24) is 19.6 Å². The fourth-order valence-corrected chi connectivity index (χ4v) is 31.8. The van der Waals surface area contributed by atoms with Crippen molar-refractivity contribution in [3.63, 3.8) is 0 Å². The number of unbranched alkanes of at least 4 members (excludes halogenated alkanes) is 30. The van der Waals surface area contributed by atoms with E-state index < -0.39 is 0 Å². The lowest BCUT2D eigenvalue weighted by Gasteiger charge is -2.69. The van der Waals surface area contributed by atoms with Crippen LogP contribution in [0.1, 0.15) is 569 Å². The Kier molecular flexibility index (Phi) is 44.6. The zero-order valence-electron chi connectivity index (χ0n) is 81.4. The second kappa shape index (κ2) is 54.4. The van der Waals surface area contributed by atoms with Crippen LogP contribution in [0.4, 0.5) is 0 Å². The molecule has 686 valence electrons. The molecule has 12 aliphatic rings. The molecule has 0 spiro atoms. The first-order valence-corrected chi connectivity index (χ1v) is 57.3. The molecule has 0 heterocycles. The molecule has 4 heteroatoms. The van der Waals surface area contributed by atoms with Gasteiger partial charge in [0, 0.05) is 72.5 Å². The van der Waals surface area contributed by atoms with Crippen LogP contribution in [0.15, 0.2) is 0 Å². The van der Waals surface area contributed by atoms with Crippen molar-refractivity contribution in [3.8, 4) is 0 Å². The summed E-state index contributed by atoms with van der Waals surface area (Å²) in [6.45, 7) is 19.9. The van der Waals surface area contributed by atoms with Gasteiger partial charge < -0.3 is 0 Å². The third-order valence-electron chi connectivity index (χ3n) is 38.6. The van der Waals surface area contributed by atoms with Gasteiger partial charge in [0.2, 0.25) is 0 Å². The second-order valence-corrected chi connectivity index (χ2v) is 46.7. The standard InChI is InChI=1S/C114H210N4/c1-9-15-21-27-33-39-45-91-55-71-99(72-56-91)115(97-67-51-89(7)52-68-97)109-87-111(117(101-75-59-93(60-76-101)47-41-35-29-23-17-11-3)102-77-61-94(62-78-102)48-42-36-30-24-18-12-4)107-86-84-106-110(116(98-69-53-90(8)54-70-98)100-73-57-92(58-74-100)46-40-34-28-22-16-10-2)88-112(108-85-83-105(109)113(107)114(106)108)118(103-79-63-95(64-80-103)49-43-37-31-25-19-13-5)104-81-65-96(66-82-104)50-44-38-32-26-20-14-6/h89-114H,9-88H2,1-8H3.